The lowest BCUT2D eigenvalue weighted by molar-refractivity contribution is -0.121. The molecule has 7 heteroatoms. The maximum atomic E-state index is 12.6. The molecule has 0 spiro atoms. The van der Waals surface area contributed by atoms with Crippen LogP contribution in [0, 0.1) is 0 Å². The van der Waals surface area contributed by atoms with Crippen LogP contribution < -0.4 is 10.9 Å². The number of nitrogens with zero attached hydrogens (tertiary/aromatic N) is 4. The van der Waals surface area contributed by atoms with Crippen LogP contribution >= 0.6 is 0 Å². The summed E-state index contributed by atoms with van der Waals surface area (Å²) in [6, 6.07) is 3.57. The standard InChI is InChI=1S/C19H25N5O2/c1-2-3-4-5-6-7-10-20-18(25)14-23-12-9-16-15(19(23)26)13-21-17-8-11-22-24(16)17/h8-9,11-13H,2-7,10,14H2,1H3,(H,20,25). The second-order valence-corrected chi connectivity index (χ2v) is 6.52. The fourth-order valence-corrected chi connectivity index (χ4v) is 3.07. The average molecular weight is 355 g/mol. The zero-order valence-corrected chi connectivity index (χ0v) is 15.1. The van der Waals surface area contributed by atoms with Gasteiger partial charge in [0.1, 0.15) is 6.54 Å². The van der Waals surface area contributed by atoms with Crippen LogP contribution in [0.5, 0.6) is 0 Å². The van der Waals surface area contributed by atoms with Crippen LogP contribution in [-0.4, -0.2) is 31.6 Å². The lowest BCUT2D eigenvalue weighted by atomic mass is 10.1. The number of unbranched alkanes of at least 4 members (excludes halogenated alkanes) is 5. The summed E-state index contributed by atoms with van der Waals surface area (Å²) in [7, 11) is 0. The van der Waals surface area contributed by atoms with Gasteiger partial charge in [0.2, 0.25) is 5.91 Å². The van der Waals surface area contributed by atoms with E-state index in [1.54, 1.807) is 35.2 Å². The van der Waals surface area contributed by atoms with Crippen LogP contribution in [0.2, 0.25) is 0 Å². The number of fused-ring (bicyclic) bond motifs is 3. The molecule has 3 aromatic rings. The third kappa shape index (κ3) is 4.09. The molecule has 3 aromatic heterocycles. The molecule has 0 radical (unpaired) electrons. The predicted molar refractivity (Wildman–Crippen MR) is 101 cm³/mol. The Hall–Kier alpha value is -2.70. The number of hydrogen-bond acceptors (Lipinski definition) is 4. The Balaban J connectivity index is 1.58. The summed E-state index contributed by atoms with van der Waals surface area (Å²) in [4.78, 5) is 28.9. The number of amides is 1. The first-order valence-corrected chi connectivity index (χ1v) is 9.29. The molecule has 0 aromatic carbocycles. The van der Waals surface area contributed by atoms with Gasteiger partial charge in [-0.3, -0.25) is 9.59 Å². The van der Waals surface area contributed by atoms with E-state index in [4.69, 9.17) is 0 Å². The summed E-state index contributed by atoms with van der Waals surface area (Å²) in [5.74, 6) is -0.145. The highest BCUT2D eigenvalue weighted by Crippen LogP contribution is 2.10. The number of carbonyl (C=O) groups is 1. The highest BCUT2D eigenvalue weighted by molar-refractivity contribution is 5.80. The molecule has 3 rings (SSSR count). The Morgan fingerprint density at radius 1 is 1.15 bits per heavy atom. The van der Waals surface area contributed by atoms with Crippen LogP contribution in [0.4, 0.5) is 0 Å². The highest BCUT2D eigenvalue weighted by Gasteiger charge is 2.10. The summed E-state index contributed by atoms with van der Waals surface area (Å²) < 4.78 is 3.04. The van der Waals surface area contributed by atoms with Gasteiger partial charge in [-0.05, 0) is 12.5 Å². The Kier molecular flexibility index (Phi) is 5.99. The van der Waals surface area contributed by atoms with Gasteiger partial charge >= 0.3 is 0 Å². The van der Waals surface area contributed by atoms with Crippen LogP contribution in [0.25, 0.3) is 16.6 Å². The monoisotopic (exact) mass is 355 g/mol. The van der Waals surface area contributed by atoms with Gasteiger partial charge < -0.3 is 9.88 Å². The maximum Gasteiger partial charge on any atom is 0.262 e. The number of rotatable bonds is 9. The van der Waals surface area contributed by atoms with Crippen molar-refractivity contribution in [3.05, 3.63) is 41.1 Å². The molecule has 0 fully saturated rings. The minimum Gasteiger partial charge on any atom is -0.355 e. The Morgan fingerprint density at radius 2 is 1.96 bits per heavy atom. The lowest BCUT2D eigenvalue weighted by Crippen LogP contribution is -2.32. The van der Waals surface area contributed by atoms with Gasteiger partial charge in [0.05, 0.1) is 17.1 Å². The first kappa shape index (κ1) is 18.1. The van der Waals surface area contributed by atoms with Crippen molar-refractivity contribution >= 4 is 22.5 Å². The van der Waals surface area contributed by atoms with Crippen LogP contribution in [0.15, 0.2) is 35.5 Å². The Morgan fingerprint density at radius 3 is 2.81 bits per heavy atom. The normalized spacial score (nSPS) is 11.3. The molecule has 0 saturated heterocycles. The molecule has 0 saturated carbocycles. The molecule has 1 amide bonds. The maximum absolute atomic E-state index is 12.6. The molecule has 3 heterocycles. The van der Waals surface area contributed by atoms with Crippen molar-refractivity contribution in [2.75, 3.05) is 6.54 Å². The first-order chi connectivity index (χ1) is 12.7. The minimum atomic E-state index is -0.234. The van der Waals surface area contributed by atoms with Crippen molar-refractivity contribution in [1.82, 2.24) is 24.5 Å². The second-order valence-electron chi connectivity index (χ2n) is 6.52. The molecule has 138 valence electrons. The topological polar surface area (TPSA) is 81.3 Å². The molecule has 0 aliphatic carbocycles. The lowest BCUT2D eigenvalue weighted by Gasteiger charge is -2.09. The van der Waals surface area contributed by atoms with Gasteiger partial charge in [0.15, 0.2) is 5.65 Å². The molecular formula is C19H25N5O2. The van der Waals surface area contributed by atoms with Crippen molar-refractivity contribution in [1.29, 1.82) is 0 Å². The van der Waals surface area contributed by atoms with E-state index in [1.165, 1.54) is 30.3 Å². The predicted octanol–water partition coefficient (Wildman–Crippen LogP) is 2.52. The SMILES string of the molecule is CCCCCCCCNC(=O)Cn1ccc2c(cnc3ccnn32)c1=O. The number of nitrogens with one attached hydrogen (secondary N) is 1. The molecule has 0 aliphatic heterocycles. The van der Waals surface area contributed by atoms with E-state index in [-0.39, 0.29) is 18.0 Å². The molecule has 26 heavy (non-hydrogen) atoms. The van der Waals surface area contributed by atoms with Crippen LogP contribution in [-0.2, 0) is 11.3 Å². The average Bonchev–Trinajstić information content (AvgIpc) is 3.12. The number of carbonyl (C=O) groups excluding carboxylic acids is 1. The Labute approximate surface area is 152 Å². The van der Waals surface area contributed by atoms with Gasteiger partial charge in [-0.2, -0.15) is 5.10 Å². The molecular weight excluding hydrogens is 330 g/mol. The van der Waals surface area contributed by atoms with Crippen LogP contribution in [0.1, 0.15) is 45.4 Å². The third-order valence-electron chi connectivity index (χ3n) is 4.52. The highest BCUT2D eigenvalue weighted by atomic mass is 16.2. The van der Waals surface area contributed by atoms with E-state index in [0.717, 1.165) is 12.8 Å². The summed E-state index contributed by atoms with van der Waals surface area (Å²) in [5.41, 5.74) is 1.14. The van der Waals surface area contributed by atoms with E-state index >= 15 is 0 Å². The largest absolute Gasteiger partial charge is 0.355 e. The van der Waals surface area contributed by atoms with Gasteiger partial charge in [-0.1, -0.05) is 39.0 Å². The summed E-state index contributed by atoms with van der Waals surface area (Å²) in [5, 5.41) is 7.52. The Bertz CT molecular complexity index is 944. The zero-order chi connectivity index (χ0) is 18.4. The summed E-state index contributed by atoms with van der Waals surface area (Å²) >= 11 is 0. The van der Waals surface area contributed by atoms with E-state index < -0.39 is 0 Å². The van der Waals surface area contributed by atoms with Gasteiger partial charge in [-0.15, -0.1) is 0 Å². The fraction of sp³-hybridized carbons (Fsp3) is 0.474. The quantitative estimate of drug-likeness (QED) is 0.598. The first-order valence-electron chi connectivity index (χ1n) is 9.29. The van der Waals surface area contributed by atoms with Crippen LogP contribution in [0.3, 0.4) is 0 Å². The van der Waals surface area contributed by atoms with Crippen molar-refractivity contribution in [3.63, 3.8) is 0 Å². The van der Waals surface area contributed by atoms with E-state index in [9.17, 15) is 9.59 Å². The number of pyridine rings is 1. The molecule has 7 nitrogen and oxygen atoms in total. The third-order valence-corrected chi connectivity index (χ3v) is 4.52. The molecule has 0 aliphatic rings. The summed E-state index contributed by atoms with van der Waals surface area (Å²) in [6.07, 6.45) is 11.9. The molecule has 0 atom stereocenters. The molecule has 1 N–H and O–H groups in total. The van der Waals surface area contributed by atoms with Crippen molar-refractivity contribution in [2.45, 2.75) is 52.0 Å². The van der Waals surface area contributed by atoms with Crippen molar-refractivity contribution in [3.8, 4) is 0 Å². The minimum absolute atomic E-state index is 0.0156. The second kappa shape index (κ2) is 8.60. The number of aromatic nitrogens is 4. The van der Waals surface area contributed by atoms with E-state index in [0.29, 0.717) is 23.1 Å². The van der Waals surface area contributed by atoms with E-state index in [2.05, 4.69) is 22.3 Å². The summed E-state index contributed by atoms with van der Waals surface area (Å²) in [6.45, 7) is 2.87. The van der Waals surface area contributed by atoms with Crippen molar-refractivity contribution in [2.24, 2.45) is 0 Å². The number of hydrogen-bond donors (Lipinski definition) is 1. The van der Waals surface area contributed by atoms with Gasteiger partial charge in [0, 0.05) is 25.0 Å². The van der Waals surface area contributed by atoms with Gasteiger partial charge in [-0.25, -0.2) is 9.50 Å². The van der Waals surface area contributed by atoms with E-state index in [1.807, 2.05) is 0 Å². The fourth-order valence-electron chi connectivity index (χ4n) is 3.07. The van der Waals surface area contributed by atoms with Crippen molar-refractivity contribution < 1.29 is 4.79 Å². The zero-order valence-electron chi connectivity index (χ0n) is 15.1. The molecule has 0 unspecified atom stereocenters. The van der Waals surface area contributed by atoms with Gasteiger partial charge in [0.25, 0.3) is 5.56 Å². The molecule has 0 bridgehead atoms. The smallest absolute Gasteiger partial charge is 0.262 e.